The fraction of sp³-hybridized carbons (Fsp3) is 0.143. The SMILES string of the molecule is CCOC(=O)CSc1nc(-c2ccccc2)cc(-c2ccccc2)c1N. The lowest BCUT2D eigenvalue weighted by Crippen LogP contribution is -2.07. The number of carbonyl (C=O) groups is 1. The van der Waals surface area contributed by atoms with Gasteiger partial charge in [0.2, 0.25) is 0 Å². The molecule has 3 rings (SSSR count). The van der Waals surface area contributed by atoms with E-state index >= 15 is 0 Å². The summed E-state index contributed by atoms with van der Waals surface area (Å²) in [5.74, 6) is -0.0950. The molecule has 0 bridgehead atoms. The van der Waals surface area contributed by atoms with Crippen LogP contribution in [-0.2, 0) is 9.53 Å². The number of thioether (sulfide) groups is 1. The van der Waals surface area contributed by atoms with E-state index in [0.29, 0.717) is 17.3 Å². The number of nitrogen functional groups attached to an aromatic ring is 1. The van der Waals surface area contributed by atoms with Gasteiger partial charge < -0.3 is 10.5 Å². The smallest absolute Gasteiger partial charge is 0.316 e. The van der Waals surface area contributed by atoms with E-state index in [0.717, 1.165) is 22.4 Å². The molecule has 0 spiro atoms. The van der Waals surface area contributed by atoms with E-state index in [-0.39, 0.29) is 11.7 Å². The second-order valence-electron chi connectivity index (χ2n) is 5.60. The van der Waals surface area contributed by atoms with Crippen LogP contribution in [0.5, 0.6) is 0 Å². The van der Waals surface area contributed by atoms with E-state index in [4.69, 9.17) is 15.5 Å². The van der Waals surface area contributed by atoms with Crippen molar-refractivity contribution < 1.29 is 9.53 Å². The van der Waals surface area contributed by atoms with Crippen LogP contribution in [0.1, 0.15) is 6.92 Å². The minimum absolute atomic E-state index is 0.178. The minimum atomic E-state index is -0.273. The van der Waals surface area contributed by atoms with E-state index < -0.39 is 0 Å². The molecule has 0 aliphatic carbocycles. The molecule has 0 saturated carbocycles. The Balaban J connectivity index is 2.03. The Bertz CT molecular complexity index is 883. The molecule has 1 heterocycles. The van der Waals surface area contributed by atoms with Gasteiger partial charge in [-0.25, -0.2) is 4.98 Å². The molecule has 132 valence electrons. The van der Waals surface area contributed by atoms with Gasteiger partial charge in [0.25, 0.3) is 0 Å². The fourth-order valence-corrected chi connectivity index (χ4v) is 3.35. The van der Waals surface area contributed by atoms with Crippen LogP contribution in [-0.4, -0.2) is 23.3 Å². The predicted molar refractivity (Wildman–Crippen MR) is 107 cm³/mol. The number of rotatable bonds is 6. The highest BCUT2D eigenvalue weighted by Crippen LogP contribution is 2.36. The number of hydrogen-bond acceptors (Lipinski definition) is 5. The quantitative estimate of drug-likeness (QED) is 0.509. The van der Waals surface area contributed by atoms with Gasteiger partial charge in [0.15, 0.2) is 0 Å². The van der Waals surface area contributed by atoms with Gasteiger partial charge in [-0.2, -0.15) is 0 Å². The van der Waals surface area contributed by atoms with Crippen molar-refractivity contribution in [1.29, 1.82) is 0 Å². The van der Waals surface area contributed by atoms with Gasteiger partial charge in [-0.3, -0.25) is 4.79 Å². The van der Waals surface area contributed by atoms with Crippen LogP contribution >= 0.6 is 11.8 Å². The van der Waals surface area contributed by atoms with E-state index in [2.05, 4.69) is 0 Å². The Kier molecular flexibility index (Phi) is 5.92. The first-order chi connectivity index (χ1) is 12.7. The summed E-state index contributed by atoms with van der Waals surface area (Å²) in [6.45, 7) is 2.15. The molecule has 0 unspecified atom stereocenters. The average molecular weight is 364 g/mol. The van der Waals surface area contributed by atoms with Crippen molar-refractivity contribution in [3.8, 4) is 22.4 Å². The molecule has 0 fully saturated rings. The van der Waals surface area contributed by atoms with Gasteiger partial charge in [0.1, 0.15) is 5.03 Å². The summed E-state index contributed by atoms with van der Waals surface area (Å²) in [6.07, 6.45) is 0. The van der Waals surface area contributed by atoms with Gasteiger partial charge in [-0.1, -0.05) is 72.4 Å². The van der Waals surface area contributed by atoms with Gasteiger partial charge in [-0.15, -0.1) is 0 Å². The second-order valence-corrected chi connectivity index (χ2v) is 6.56. The lowest BCUT2D eigenvalue weighted by atomic mass is 10.0. The molecule has 4 nitrogen and oxygen atoms in total. The summed E-state index contributed by atoms with van der Waals surface area (Å²) in [7, 11) is 0. The molecule has 2 aromatic carbocycles. The number of nitrogens with two attached hydrogens (primary N) is 1. The zero-order chi connectivity index (χ0) is 18.4. The maximum absolute atomic E-state index is 11.7. The molecule has 0 saturated heterocycles. The normalized spacial score (nSPS) is 10.5. The molecular weight excluding hydrogens is 344 g/mol. The molecule has 0 aliphatic heterocycles. The summed E-state index contributed by atoms with van der Waals surface area (Å²) in [5, 5.41) is 0.637. The van der Waals surface area contributed by atoms with E-state index in [1.807, 2.05) is 66.7 Å². The number of benzene rings is 2. The molecule has 5 heteroatoms. The van der Waals surface area contributed by atoms with Crippen LogP contribution in [0.2, 0.25) is 0 Å². The topological polar surface area (TPSA) is 65.2 Å². The molecule has 2 N–H and O–H groups in total. The molecule has 0 aliphatic rings. The Morgan fingerprint density at radius 1 is 1.04 bits per heavy atom. The minimum Gasteiger partial charge on any atom is -0.465 e. The van der Waals surface area contributed by atoms with Crippen LogP contribution in [0, 0.1) is 0 Å². The third-order valence-corrected chi connectivity index (χ3v) is 4.77. The first-order valence-electron chi connectivity index (χ1n) is 8.38. The van der Waals surface area contributed by atoms with Crippen LogP contribution in [0.4, 0.5) is 5.69 Å². The number of ether oxygens (including phenoxy) is 1. The number of carbonyl (C=O) groups excluding carboxylic acids is 1. The first-order valence-corrected chi connectivity index (χ1v) is 9.37. The molecule has 0 amide bonds. The zero-order valence-corrected chi connectivity index (χ0v) is 15.3. The number of esters is 1. The average Bonchev–Trinajstić information content (AvgIpc) is 2.69. The molecule has 0 radical (unpaired) electrons. The predicted octanol–water partition coefficient (Wildman–Crippen LogP) is 4.65. The molecule has 1 aromatic heterocycles. The van der Waals surface area contributed by atoms with E-state index in [9.17, 15) is 4.79 Å². The van der Waals surface area contributed by atoms with Crippen molar-refractivity contribution in [1.82, 2.24) is 4.98 Å². The van der Waals surface area contributed by atoms with Gasteiger partial charge in [0.05, 0.1) is 23.7 Å². The van der Waals surface area contributed by atoms with Crippen molar-refractivity contribution in [2.45, 2.75) is 11.9 Å². The van der Waals surface area contributed by atoms with Gasteiger partial charge >= 0.3 is 5.97 Å². The molecule has 3 aromatic rings. The summed E-state index contributed by atoms with van der Waals surface area (Å²) < 4.78 is 5.00. The lowest BCUT2D eigenvalue weighted by Gasteiger charge is -2.13. The summed E-state index contributed by atoms with van der Waals surface area (Å²) in [6, 6.07) is 21.9. The largest absolute Gasteiger partial charge is 0.465 e. The third kappa shape index (κ3) is 4.24. The van der Waals surface area contributed by atoms with Crippen molar-refractivity contribution >= 4 is 23.4 Å². The monoisotopic (exact) mass is 364 g/mol. The number of hydrogen-bond donors (Lipinski definition) is 1. The Hall–Kier alpha value is -2.79. The van der Waals surface area contributed by atoms with E-state index in [1.165, 1.54) is 11.8 Å². The zero-order valence-electron chi connectivity index (χ0n) is 14.5. The standard InChI is InChI=1S/C21H20N2O2S/c1-2-25-19(24)14-26-21-20(22)17(15-9-5-3-6-10-15)13-18(23-21)16-11-7-4-8-12-16/h3-13H,2,14,22H2,1H3. The number of pyridine rings is 1. The highest BCUT2D eigenvalue weighted by molar-refractivity contribution is 8.00. The lowest BCUT2D eigenvalue weighted by molar-refractivity contribution is -0.139. The third-order valence-electron chi connectivity index (χ3n) is 3.81. The van der Waals surface area contributed by atoms with E-state index in [1.54, 1.807) is 6.92 Å². The van der Waals surface area contributed by atoms with Gasteiger partial charge in [0, 0.05) is 11.1 Å². The number of anilines is 1. The van der Waals surface area contributed by atoms with Crippen LogP contribution in [0.15, 0.2) is 71.8 Å². The van der Waals surface area contributed by atoms with Crippen molar-refractivity contribution in [2.24, 2.45) is 0 Å². The summed E-state index contributed by atoms with van der Waals surface area (Å²) >= 11 is 1.30. The Morgan fingerprint density at radius 2 is 1.65 bits per heavy atom. The summed E-state index contributed by atoms with van der Waals surface area (Å²) in [4.78, 5) is 16.4. The first kappa shape index (κ1) is 18.0. The Morgan fingerprint density at radius 3 is 2.27 bits per heavy atom. The molecule has 26 heavy (non-hydrogen) atoms. The highest BCUT2D eigenvalue weighted by Gasteiger charge is 2.15. The Labute approximate surface area is 157 Å². The number of nitrogens with zero attached hydrogens (tertiary/aromatic N) is 1. The van der Waals surface area contributed by atoms with Crippen LogP contribution in [0.3, 0.4) is 0 Å². The number of aromatic nitrogens is 1. The summed E-state index contributed by atoms with van der Waals surface area (Å²) in [5.41, 5.74) is 10.7. The fourth-order valence-electron chi connectivity index (χ4n) is 2.58. The molecular formula is C21H20N2O2S. The second kappa shape index (κ2) is 8.54. The molecule has 0 atom stereocenters. The highest BCUT2D eigenvalue weighted by atomic mass is 32.2. The van der Waals surface area contributed by atoms with Crippen LogP contribution in [0.25, 0.3) is 22.4 Å². The van der Waals surface area contributed by atoms with Crippen molar-refractivity contribution in [3.63, 3.8) is 0 Å². The van der Waals surface area contributed by atoms with Crippen molar-refractivity contribution in [2.75, 3.05) is 18.1 Å². The maximum Gasteiger partial charge on any atom is 0.316 e. The maximum atomic E-state index is 11.7. The van der Waals surface area contributed by atoms with Crippen LogP contribution < -0.4 is 5.73 Å². The van der Waals surface area contributed by atoms with Crippen molar-refractivity contribution in [3.05, 3.63) is 66.7 Å². The van der Waals surface area contributed by atoms with Gasteiger partial charge in [-0.05, 0) is 18.6 Å².